The van der Waals surface area contributed by atoms with Gasteiger partial charge in [0.1, 0.15) is 0 Å². The van der Waals surface area contributed by atoms with Gasteiger partial charge in [-0.05, 0) is 20.3 Å². The first-order chi connectivity index (χ1) is 5.81. The minimum atomic E-state index is -6.09. The minimum absolute atomic E-state index is 0.292. The molecule has 0 aromatic carbocycles. The molecular formula is C6H14F3NO3S. The van der Waals surface area contributed by atoms with E-state index in [4.69, 9.17) is 13.0 Å². The molecule has 0 aliphatic heterocycles. The second kappa shape index (κ2) is 4.94. The zero-order valence-corrected chi connectivity index (χ0v) is 9.00. The highest BCUT2D eigenvalue weighted by atomic mass is 32.2. The van der Waals surface area contributed by atoms with Gasteiger partial charge in [-0.2, -0.15) is 13.2 Å². The molecule has 88 valence electrons. The Bertz CT molecular complexity index is 252. The number of hydrogen-bond donors (Lipinski definition) is 1. The molecule has 14 heavy (non-hydrogen) atoms. The molecule has 0 bridgehead atoms. The SMILES string of the molecule is CCC(C)(C)[NH3+].O=S(=O)([O-])C(F)(F)F. The third-order valence-corrected chi connectivity index (χ3v) is 1.81. The lowest BCUT2D eigenvalue weighted by Gasteiger charge is -2.08. The van der Waals surface area contributed by atoms with Crippen molar-refractivity contribution in [2.24, 2.45) is 0 Å². The highest BCUT2D eigenvalue weighted by Crippen LogP contribution is 2.20. The standard InChI is InChI=1S/C5H13N.CHF3O3S/c1-4-5(2,3)6;2-1(3,4)8(5,6)7/h4,6H2,1-3H3;(H,5,6,7). The Morgan fingerprint density at radius 3 is 1.43 bits per heavy atom. The molecule has 0 saturated heterocycles. The first kappa shape index (κ1) is 16.1. The quantitative estimate of drug-likeness (QED) is 0.531. The molecule has 0 radical (unpaired) electrons. The van der Waals surface area contributed by atoms with Crippen molar-refractivity contribution in [3.63, 3.8) is 0 Å². The zero-order valence-electron chi connectivity index (χ0n) is 8.18. The van der Waals surface area contributed by atoms with Gasteiger partial charge in [0.05, 0.1) is 5.54 Å². The average molecular weight is 237 g/mol. The van der Waals surface area contributed by atoms with E-state index in [1.165, 1.54) is 0 Å². The van der Waals surface area contributed by atoms with Gasteiger partial charge in [0, 0.05) is 0 Å². The maximum Gasteiger partial charge on any atom is 0.485 e. The van der Waals surface area contributed by atoms with Crippen LogP contribution in [0.5, 0.6) is 0 Å². The van der Waals surface area contributed by atoms with E-state index >= 15 is 0 Å². The first-order valence-electron chi connectivity index (χ1n) is 3.69. The topological polar surface area (TPSA) is 84.8 Å². The second-order valence-corrected chi connectivity index (χ2v) is 4.79. The molecule has 4 nitrogen and oxygen atoms in total. The molecule has 0 atom stereocenters. The van der Waals surface area contributed by atoms with Crippen LogP contribution in [0, 0.1) is 0 Å². The Labute approximate surface area is 81.0 Å². The summed E-state index contributed by atoms with van der Waals surface area (Å²) in [7, 11) is -6.09. The Balaban J connectivity index is 0. The molecular weight excluding hydrogens is 223 g/mol. The van der Waals surface area contributed by atoms with Gasteiger partial charge in [-0.1, -0.05) is 6.92 Å². The van der Waals surface area contributed by atoms with Crippen LogP contribution >= 0.6 is 0 Å². The van der Waals surface area contributed by atoms with Crippen molar-refractivity contribution in [2.45, 2.75) is 38.2 Å². The predicted octanol–water partition coefficient (Wildman–Crippen LogP) is 0.468. The summed E-state index contributed by atoms with van der Waals surface area (Å²) >= 11 is 0. The monoisotopic (exact) mass is 237 g/mol. The molecule has 0 amide bonds. The summed E-state index contributed by atoms with van der Waals surface area (Å²) in [5.41, 5.74) is -1.47. The van der Waals surface area contributed by atoms with Gasteiger partial charge in [-0.25, -0.2) is 8.42 Å². The van der Waals surface area contributed by atoms with Gasteiger partial charge >= 0.3 is 5.51 Å². The maximum atomic E-state index is 10.7. The van der Waals surface area contributed by atoms with Gasteiger partial charge in [-0.3, -0.25) is 0 Å². The summed E-state index contributed by atoms with van der Waals surface area (Å²) in [6.07, 6.45) is 1.16. The maximum absolute atomic E-state index is 10.7. The van der Waals surface area contributed by atoms with E-state index in [9.17, 15) is 13.2 Å². The molecule has 0 unspecified atom stereocenters. The third-order valence-electron chi connectivity index (χ3n) is 1.24. The molecule has 0 fully saturated rings. The lowest BCUT2D eigenvalue weighted by Crippen LogP contribution is -2.68. The lowest BCUT2D eigenvalue weighted by atomic mass is 10.1. The van der Waals surface area contributed by atoms with Gasteiger partial charge in [-0.15, -0.1) is 0 Å². The van der Waals surface area contributed by atoms with Gasteiger partial charge < -0.3 is 10.3 Å². The highest BCUT2D eigenvalue weighted by molar-refractivity contribution is 7.86. The van der Waals surface area contributed by atoms with E-state index in [1.807, 2.05) is 0 Å². The zero-order chi connectivity index (χ0) is 12.2. The van der Waals surface area contributed by atoms with Crippen molar-refractivity contribution >= 4 is 10.1 Å². The Morgan fingerprint density at radius 2 is 1.43 bits per heavy atom. The third kappa shape index (κ3) is 9.75. The van der Waals surface area contributed by atoms with E-state index < -0.39 is 15.6 Å². The molecule has 0 heterocycles. The fourth-order valence-electron chi connectivity index (χ4n) is 0. The van der Waals surface area contributed by atoms with Crippen LogP contribution < -0.4 is 5.73 Å². The Hall–Kier alpha value is -0.340. The summed E-state index contributed by atoms with van der Waals surface area (Å²) < 4.78 is 58.9. The van der Waals surface area contributed by atoms with Gasteiger partial charge in [0.2, 0.25) is 0 Å². The largest absolute Gasteiger partial charge is 0.741 e. The molecule has 8 heteroatoms. The van der Waals surface area contributed by atoms with Crippen molar-refractivity contribution < 1.29 is 31.9 Å². The van der Waals surface area contributed by atoms with Crippen LogP contribution in [0.1, 0.15) is 27.2 Å². The summed E-state index contributed by atoms with van der Waals surface area (Å²) in [6, 6.07) is 0. The van der Waals surface area contributed by atoms with Crippen LogP contribution in [0.3, 0.4) is 0 Å². The van der Waals surface area contributed by atoms with Crippen LogP contribution in [0.25, 0.3) is 0 Å². The molecule has 3 N–H and O–H groups in total. The first-order valence-corrected chi connectivity index (χ1v) is 5.09. The minimum Gasteiger partial charge on any atom is -0.741 e. The van der Waals surface area contributed by atoms with Crippen LogP contribution in [-0.4, -0.2) is 24.0 Å². The molecule has 0 aromatic heterocycles. The number of alkyl halides is 3. The van der Waals surface area contributed by atoms with Gasteiger partial charge in [0.25, 0.3) is 0 Å². The smallest absolute Gasteiger partial charge is 0.485 e. The predicted molar refractivity (Wildman–Crippen MR) is 43.0 cm³/mol. The van der Waals surface area contributed by atoms with Crippen LogP contribution in [-0.2, 0) is 10.1 Å². The normalized spacial score (nSPS) is 13.1. The molecule has 0 aliphatic carbocycles. The Kier molecular flexibility index (Phi) is 5.69. The van der Waals surface area contributed by atoms with Crippen LogP contribution in [0.4, 0.5) is 13.2 Å². The summed E-state index contributed by atoms with van der Waals surface area (Å²) in [6.45, 7) is 6.41. The fourth-order valence-corrected chi connectivity index (χ4v) is 0. The second-order valence-electron chi connectivity index (χ2n) is 3.42. The van der Waals surface area contributed by atoms with Crippen molar-refractivity contribution in [2.75, 3.05) is 0 Å². The summed E-state index contributed by atoms with van der Waals surface area (Å²) in [4.78, 5) is 0. The van der Waals surface area contributed by atoms with Crippen molar-refractivity contribution in [1.29, 1.82) is 0 Å². The van der Waals surface area contributed by atoms with E-state index in [0.717, 1.165) is 6.42 Å². The molecule has 0 rings (SSSR count). The highest BCUT2D eigenvalue weighted by Gasteiger charge is 2.36. The van der Waals surface area contributed by atoms with E-state index in [2.05, 4.69) is 26.5 Å². The molecule has 0 aromatic rings. The number of hydrogen-bond acceptors (Lipinski definition) is 3. The van der Waals surface area contributed by atoms with E-state index in [1.54, 1.807) is 0 Å². The van der Waals surface area contributed by atoms with Crippen LogP contribution in [0.2, 0.25) is 0 Å². The lowest BCUT2D eigenvalue weighted by molar-refractivity contribution is -0.466. The van der Waals surface area contributed by atoms with E-state index in [-0.39, 0.29) is 0 Å². The van der Waals surface area contributed by atoms with Crippen molar-refractivity contribution in [3.05, 3.63) is 0 Å². The number of rotatable bonds is 1. The van der Waals surface area contributed by atoms with Crippen LogP contribution in [0.15, 0.2) is 0 Å². The molecule has 0 saturated carbocycles. The Morgan fingerprint density at radius 1 is 1.29 bits per heavy atom. The average Bonchev–Trinajstić information content (AvgIpc) is 1.82. The van der Waals surface area contributed by atoms with E-state index in [0.29, 0.717) is 5.54 Å². The fraction of sp³-hybridized carbons (Fsp3) is 1.00. The molecule has 0 spiro atoms. The summed E-state index contributed by atoms with van der Waals surface area (Å²) in [5, 5.41) is 0. The number of halogens is 3. The number of quaternary nitrogens is 1. The van der Waals surface area contributed by atoms with Crippen molar-refractivity contribution in [1.82, 2.24) is 0 Å². The summed E-state index contributed by atoms with van der Waals surface area (Å²) in [5.74, 6) is 0. The van der Waals surface area contributed by atoms with Crippen molar-refractivity contribution in [3.8, 4) is 0 Å². The van der Waals surface area contributed by atoms with Gasteiger partial charge in [0.15, 0.2) is 10.1 Å². The molecule has 0 aliphatic rings.